The van der Waals surface area contributed by atoms with Gasteiger partial charge in [-0.1, -0.05) is 6.92 Å². The highest BCUT2D eigenvalue weighted by molar-refractivity contribution is 5.80. The average molecular weight is 146 g/mol. The lowest BCUT2D eigenvalue weighted by Crippen LogP contribution is -2.39. The van der Waals surface area contributed by atoms with Crippen molar-refractivity contribution in [2.45, 2.75) is 26.3 Å². The van der Waals surface area contributed by atoms with Gasteiger partial charge in [-0.3, -0.25) is 9.63 Å². The van der Waals surface area contributed by atoms with Crippen molar-refractivity contribution >= 4 is 5.91 Å². The predicted molar refractivity (Wildman–Crippen MR) is 38.0 cm³/mol. The highest BCUT2D eigenvalue weighted by atomic mass is 16.6. The summed E-state index contributed by atoms with van der Waals surface area (Å²) < 4.78 is 0. The molecule has 0 aliphatic rings. The molecule has 0 spiro atoms. The molecular formula is C6H14N2O2. The van der Waals surface area contributed by atoms with E-state index >= 15 is 0 Å². The largest absolute Gasteiger partial charge is 0.320 e. The summed E-state index contributed by atoms with van der Waals surface area (Å²) in [5, 5.41) is 0. The molecule has 1 unspecified atom stereocenters. The minimum Gasteiger partial charge on any atom is -0.320 e. The molecule has 1 amide bonds. The van der Waals surface area contributed by atoms with Crippen molar-refractivity contribution in [1.29, 1.82) is 0 Å². The molecule has 60 valence electrons. The first-order valence-corrected chi connectivity index (χ1v) is 3.39. The highest BCUT2D eigenvalue weighted by Crippen LogP contribution is 1.84. The molecule has 0 radical (unpaired) electrons. The average Bonchev–Trinajstić information content (AvgIpc) is 1.98. The lowest BCUT2D eigenvalue weighted by molar-refractivity contribution is -0.134. The summed E-state index contributed by atoms with van der Waals surface area (Å²) in [6, 6.07) is -0.452. The molecule has 10 heavy (non-hydrogen) atoms. The van der Waals surface area contributed by atoms with Gasteiger partial charge in [0.1, 0.15) is 0 Å². The van der Waals surface area contributed by atoms with E-state index in [2.05, 4.69) is 10.3 Å². The van der Waals surface area contributed by atoms with Gasteiger partial charge in [-0.05, 0) is 13.3 Å². The fourth-order valence-electron chi connectivity index (χ4n) is 0.404. The van der Waals surface area contributed by atoms with Crippen LogP contribution in [0.2, 0.25) is 0 Å². The Labute approximate surface area is 60.7 Å². The molecule has 0 saturated heterocycles. The third-order valence-corrected chi connectivity index (χ3v) is 1.09. The zero-order chi connectivity index (χ0) is 7.98. The van der Waals surface area contributed by atoms with E-state index in [0.29, 0.717) is 13.0 Å². The van der Waals surface area contributed by atoms with Crippen LogP contribution < -0.4 is 11.2 Å². The molecule has 0 aromatic heterocycles. The zero-order valence-electron chi connectivity index (χ0n) is 6.39. The van der Waals surface area contributed by atoms with Gasteiger partial charge in [0, 0.05) is 0 Å². The van der Waals surface area contributed by atoms with Crippen LogP contribution in [0.25, 0.3) is 0 Å². The summed E-state index contributed by atoms with van der Waals surface area (Å²) in [6.07, 6.45) is 0.624. The van der Waals surface area contributed by atoms with Crippen molar-refractivity contribution < 1.29 is 9.63 Å². The fourth-order valence-corrected chi connectivity index (χ4v) is 0.404. The van der Waals surface area contributed by atoms with Gasteiger partial charge in [0.15, 0.2) is 0 Å². The van der Waals surface area contributed by atoms with E-state index < -0.39 is 6.04 Å². The Morgan fingerprint density at radius 2 is 2.30 bits per heavy atom. The van der Waals surface area contributed by atoms with Crippen molar-refractivity contribution in [2.24, 2.45) is 5.73 Å². The Morgan fingerprint density at radius 3 is 2.70 bits per heavy atom. The summed E-state index contributed by atoms with van der Waals surface area (Å²) in [6.45, 7) is 4.09. The molecule has 0 rings (SSSR count). The highest BCUT2D eigenvalue weighted by Gasteiger charge is 2.09. The summed E-state index contributed by atoms with van der Waals surface area (Å²) >= 11 is 0. The molecule has 0 aromatic rings. The van der Waals surface area contributed by atoms with Crippen molar-refractivity contribution in [2.75, 3.05) is 6.61 Å². The van der Waals surface area contributed by atoms with Gasteiger partial charge < -0.3 is 5.73 Å². The fraction of sp³-hybridized carbons (Fsp3) is 0.833. The minimum absolute atomic E-state index is 0.260. The van der Waals surface area contributed by atoms with Crippen LogP contribution in [-0.4, -0.2) is 18.6 Å². The number of rotatable bonds is 4. The predicted octanol–water partition coefficient (Wildman–Crippen LogP) is -0.209. The van der Waals surface area contributed by atoms with Gasteiger partial charge in [-0.2, -0.15) is 0 Å². The maximum atomic E-state index is 10.8. The first-order valence-electron chi connectivity index (χ1n) is 3.39. The van der Waals surface area contributed by atoms with Gasteiger partial charge in [0.25, 0.3) is 5.91 Å². The molecule has 0 aromatic carbocycles. The second-order valence-electron chi connectivity index (χ2n) is 1.91. The van der Waals surface area contributed by atoms with E-state index in [-0.39, 0.29) is 5.91 Å². The monoisotopic (exact) mass is 146 g/mol. The molecule has 4 heteroatoms. The summed E-state index contributed by atoms with van der Waals surface area (Å²) in [5.41, 5.74) is 7.58. The topological polar surface area (TPSA) is 64.3 Å². The van der Waals surface area contributed by atoms with E-state index in [0.717, 1.165) is 0 Å². The Bertz CT molecular complexity index is 106. The molecule has 3 N–H and O–H groups in total. The van der Waals surface area contributed by atoms with E-state index in [4.69, 9.17) is 5.73 Å². The van der Waals surface area contributed by atoms with Crippen LogP contribution in [0, 0.1) is 0 Å². The van der Waals surface area contributed by atoms with Gasteiger partial charge in [0.2, 0.25) is 0 Å². The number of nitrogens with two attached hydrogens (primary N) is 1. The van der Waals surface area contributed by atoms with Crippen molar-refractivity contribution in [3.63, 3.8) is 0 Å². The Kier molecular flexibility index (Phi) is 4.88. The molecule has 4 nitrogen and oxygen atoms in total. The summed E-state index contributed by atoms with van der Waals surface area (Å²) in [4.78, 5) is 15.4. The minimum atomic E-state index is -0.452. The van der Waals surface area contributed by atoms with Gasteiger partial charge in [0.05, 0.1) is 12.6 Å². The van der Waals surface area contributed by atoms with E-state index in [1.807, 2.05) is 6.92 Å². The molecule has 0 bridgehead atoms. The molecule has 0 aliphatic heterocycles. The second-order valence-corrected chi connectivity index (χ2v) is 1.91. The van der Waals surface area contributed by atoms with Crippen LogP contribution >= 0.6 is 0 Å². The molecule has 1 atom stereocenters. The molecule has 0 heterocycles. The third kappa shape index (κ3) is 3.42. The van der Waals surface area contributed by atoms with Crippen LogP contribution in [-0.2, 0) is 9.63 Å². The van der Waals surface area contributed by atoms with Crippen LogP contribution in [0.3, 0.4) is 0 Å². The van der Waals surface area contributed by atoms with Crippen LogP contribution in [0.1, 0.15) is 20.3 Å². The Hall–Kier alpha value is -0.610. The van der Waals surface area contributed by atoms with Crippen LogP contribution in [0.15, 0.2) is 0 Å². The molecule has 0 fully saturated rings. The molecular weight excluding hydrogens is 132 g/mol. The number of hydrogen-bond acceptors (Lipinski definition) is 3. The zero-order valence-corrected chi connectivity index (χ0v) is 6.39. The second kappa shape index (κ2) is 5.20. The van der Waals surface area contributed by atoms with E-state index in [1.54, 1.807) is 6.92 Å². The lowest BCUT2D eigenvalue weighted by Gasteiger charge is -2.07. The van der Waals surface area contributed by atoms with Crippen LogP contribution in [0.5, 0.6) is 0 Å². The maximum Gasteiger partial charge on any atom is 0.260 e. The number of carbonyl (C=O) groups excluding carboxylic acids is 1. The van der Waals surface area contributed by atoms with Crippen molar-refractivity contribution in [1.82, 2.24) is 5.48 Å². The number of nitrogens with one attached hydrogen (secondary N) is 1. The van der Waals surface area contributed by atoms with Gasteiger partial charge >= 0.3 is 0 Å². The Balaban J connectivity index is 3.42. The maximum absolute atomic E-state index is 10.8. The quantitative estimate of drug-likeness (QED) is 0.539. The summed E-state index contributed by atoms with van der Waals surface area (Å²) in [7, 11) is 0. The van der Waals surface area contributed by atoms with Crippen LogP contribution in [0.4, 0.5) is 0 Å². The van der Waals surface area contributed by atoms with Crippen molar-refractivity contribution in [3.05, 3.63) is 0 Å². The SMILES string of the molecule is CCONC(=O)C(N)CC. The van der Waals surface area contributed by atoms with Gasteiger partial charge in [-0.15, -0.1) is 0 Å². The Morgan fingerprint density at radius 1 is 1.70 bits per heavy atom. The van der Waals surface area contributed by atoms with Gasteiger partial charge in [-0.25, -0.2) is 5.48 Å². The standard InChI is InChI=1S/C6H14N2O2/c1-3-5(7)6(9)8-10-4-2/h5H,3-4,7H2,1-2H3,(H,8,9). The van der Waals surface area contributed by atoms with Crippen molar-refractivity contribution in [3.8, 4) is 0 Å². The normalized spacial score (nSPS) is 12.7. The molecule has 0 saturated carbocycles. The van der Waals surface area contributed by atoms with E-state index in [1.165, 1.54) is 0 Å². The first kappa shape index (κ1) is 9.39. The molecule has 0 aliphatic carbocycles. The number of hydrogen-bond donors (Lipinski definition) is 2. The third-order valence-electron chi connectivity index (χ3n) is 1.09. The summed E-state index contributed by atoms with van der Waals surface area (Å²) in [5.74, 6) is -0.260. The smallest absolute Gasteiger partial charge is 0.260 e. The first-order chi connectivity index (χ1) is 4.72. The van der Waals surface area contributed by atoms with E-state index in [9.17, 15) is 4.79 Å². The number of carbonyl (C=O) groups is 1. The lowest BCUT2D eigenvalue weighted by atomic mass is 10.2. The number of hydroxylamine groups is 1. The number of amides is 1.